The molecule has 0 N–H and O–H groups in total. The van der Waals surface area contributed by atoms with Crippen molar-refractivity contribution in [1.29, 1.82) is 0 Å². The number of hydrogen-bond acceptors (Lipinski definition) is 4. The summed E-state index contributed by atoms with van der Waals surface area (Å²) < 4.78 is 18.9. The van der Waals surface area contributed by atoms with Gasteiger partial charge in [-0.2, -0.15) is 0 Å². The quantitative estimate of drug-likeness (QED) is 0.866. The third-order valence-corrected chi connectivity index (χ3v) is 3.94. The molecule has 0 radical (unpaired) electrons. The molecule has 1 fully saturated rings. The van der Waals surface area contributed by atoms with E-state index in [1.165, 1.54) is 12.4 Å². The molecule has 2 heterocycles. The van der Waals surface area contributed by atoms with E-state index < -0.39 is 5.82 Å². The van der Waals surface area contributed by atoms with Gasteiger partial charge in [0.2, 0.25) is 5.91 Å². The number of rotatable bonds is 4. The van der Waals surface area contributed by atoms with Gasteiger partial charge in [-0.25, -0.2) is 4.39 Å². The summed E-state index contributed by atoms with van der Waals surface area (Å²) in [4.78, 5) is 19.6. The van der Waals surface area contributed by atoms with Crippen LogP contribution in [-0.2, 0) is 11.3 Å². The summed E-state index contributed by atoms with van der Waals surface area (Å²) in [5.74, 6) is 0.380. The van der Waals surface area contributed by atoms with E-state index in [1.54, 1.807) is 23.0 Å². The SMILES string of the molecule is COc1ccc(CN2CCN(c3ccncc3F)CC2=O)cc1. The molecule has 1 aliphatic heterocycles. The number of pyridine rings is 1. The van der Waals surface area contributed by atoms with Crippen LogP contribution in [-0.4, -0.2) is 42.5 Å². The summed E-state index contributed by atoms with van der Waals surface area (Å²) in [5.41, 5.74) is 1.47. The largest absolute Gasteiger partial charge is 0.497 e. The smallest absolute Gasteiger partial charge is 0.242 e. The zero-order valence-electron chi connectivity index (χ0n) is 12.9. The van der Waals surface area contributed by atoms with Crippen LogP contribution in [0.15, 0.2) is 42.7 Å². The van der Waals surface area contributed by atoms with Crippen LogP contribution in [0.3, 0.4) is 0 Å². The molecule has 0 saturated carbocycles. The van der Waals surface area contributed by atoms with Gasteiger partial charge in [-0.3, -0.25) is 9.78 Å². The fourth-order valence-electron chi connectivity index (χ4n) is 2.66. The third kappa shape index (κ3) is 3.41. The van der Waals surface area contributed by atoms with Gasteiger partial charge in [-0.05, 0) is 23.8 Å². The average molecular weight is 315 g/mol. The Bertz CT molecular complexity index is 690. The molecule has 1 amide bonds. The second-order valence-electron chi connectivity index (χ2n) is 5.41. The van der Waals surface area contributed by atoms with Crippen molar-refractivity contribution in [2.75, 3.05) is 31.6 Å². The summed E-state index contributed by atoms with van der Waals surface area (Å²) in [7, 11) is 1.62. The van der Waals surface area contributed by atoms with Gasteiger partial charge in [-0.15, -0.1) is 0 Å². The van der Waals surface area contributed by atoms with Crippen molar-refractivity contribution in [3.05, 3.63) is 54.1 Å². The molecule has 120 valence electrons. The molecule has 0 atom stereocenters. The molecule has 3 rings (SSSR count). The average Bonchev–Trinajstić information content (AvgIpc) is 2.58. The second kappa shape index (κ2) is 6.64. The lowest BCUT2D eigenvalue weighted by Crippen LogP contribution is -2.50. The monoisotopic (exact) mass is 315 g/mol. The maximum Gasteiger partial charge on any atom is 0.242 e. The predicted molar refractivity (Wildman–Crippen MR) is 84.8 cm³/mol. The number of hydrogen-bond donors (Lipinski definition) is 0. The molecule has 0 spiro atoms. The van der Waals surface area contributed by atoms with E-state index in [1.807, 2.05) is 24.3 Å². The molecule has 6 heteroatoms. The highest BCUT2D eigenvalue weighted by Gasteiger charge is 2.25. The van der Waals surface area contributed by atoms with E-state index in [2.05, 4.69) is 4.98 Å². The van der Waals surface area contributed by atoms with Gasteiger partial charge >= 0.3 is 0 Å². The molecule has 23 heavy (non-hydrogen) atoms. The molecule has 5 nitrogen and oxygen atoms in total. The topological polar surface area (TPSA) is 45.7 Å². The lowest BCUT2D eigenvalue weighted by Gasteiger charge is -2.35. The molecular weight excluding hydrogens is 297 g/mol. The van der Waals surface area contributed by atoms with Crippen LogP contribution in [0.4, 0.5) is 10.1 Å². The first kappa shape index (κ1) is 15.3. The van der Waals surface area contributed by atoms with Gasteiger partial charge in [-0.1, -0.05) is 12.1 Å². The van der Waals surface area contributed by atoms with E-state index in [4.69, 9.17) is 4.74 Å². The van der Waals surface area contributed by atoms with Gasteiger partial charge in [0.25, 0.3) is 0 Å². The van der Waals surface area contributed by atoms with E-state index in [-0.39, 0.29) is 12.5 Å². The molecular formula is C17H18FN3O2. The van der Waals surface area contributed by atoms with Crippen molar-refractivity contribution in [2.45, 2.75) is 6.54 Å². The molecule has 0 bridgehead atoms. The third-order valence-electron chi connectivity index (χ3n) is 3.94. The highest BCUT2D eigenvalue weighted by Crippen LogP contribution is 2.21. The number of anilines is 1. The summed E-state index contributed by atoms with van der Waals surface area (Å²) in [5, 5.41) is 0. The fourth-order valence-corrected chi connectivity index (χ4v) is 2.66. The first-order chi connectivity index (χ1) is 11.2. The minimum absolute atomic E-state index is 0.0109. The molecule has 1 aliphatic rings. The Morgan fingerprint density at radius 3 is 2.65 bits per heavy atom. The fraction of sp³-hybridized carbons (Fsp3) is 0.294. The lowest BCUT2D eigenvalue weighted by atomic mass is 10.2. The van der Waals surface area contributed by atoms with Crippen LogP contribution in [0.1, 0.15) is 5.56 Å². The van der Waals surface area contributed by atoms with E-state index in [0.717, 1.165) is 11.3 Å². The van der Waals surface area contributed by atoms with Gasteiger partial charge in [0, 0.05) is 25.8 Å². The Hall–Kier alpha value is -2.63. The Morgan fingerprint density at radius 2 is 2.00 bits per heavy atom. The van der Waals surface area contributed by atoms with Gasteiger partial charge in [0.05, 0.1) is 25.5 Å². The minimum Gasteiger partial charge on any atom is -0.497 e. The van der Waals surface area contributed by atoms with E-state index >= 15 is 0 Å². The van der Waals surface area contributed by atoms with Gasteiger partial charge < -0.3 is 14.5 Å². The van der Waals surface area contributed by atoms with Crippen LogP contribution >= 0.6 is 0 Å². The molecule has 0 unspecified atom stereocenters. The van der Waals surface area contributed by atoms with E-state index in [9.17, 15) is 9.18 Å². The molecule has 1 aromatic carbocycles. The standard InChI is InChI=1S/C17H18FN3O2/c1-23-14-4-2-13(3-5-14)11-21-9-8-20(12-17(21)22)16-6-7-19-10-15(16)18/h2-7,10H,8-9,11-12H2,1H3. The van der Waals surface area contributed by atoms with E-state index in [0.29, 0.717) is 25.3 Å². The van der Waals surface area contributed by atoms with Crippen molar-refractivity contribution >= 4 is 11.6 Å². The zero-order chi connectivity index (χ0) is 16.2. The highest BCUT2D eigenvalue weighted by molar-refractivity contribution is 5.82. The predicted octanol–water partition coefficient (Wildman–Crippen LogP) is 2.08. The molecule has 1 saturated heterocycles. The number of ether oxygens (including phenoxy) is 1. The molecule has 1 aromatic heterocycles. The maximum atomic E-state index is 13.8. The number of nitrogens with zero attached hydrogens (tertiary/aromatic N) is 3. The number of amides is 1. The van der Waals surface area contributed by atoms with Crippen LogP contribution < -0.4 is 9.64 Å². The van der Waals surface area contributed by atoms with Crippen molar-refractivity contribution in [3.63, 3.8) is 0 Å². The number of carbonyl (C=O) groups excluding carboxylic acids is 1. The number of piperazine rings is 1. The lowest BCUT2D eigenvalue weighted by molar-refractivity contribution is -0.131. The van der Waals surface area contributed by atoms with Crippen molar-refractivity contribution in [1.82, 2.24) is 9.88 Å². The summed E-state index contributed by atoms with van der Waals surface area (Å²) in [6.07, 6.45) is 2.70. The van der Waals surface area contributed by atoms with Crippen LogP contribution in [0, 0.1) is 5.82 Å². The first-order valence-electron chi connectivity index (χ1n) is 7.42. The van der Waals surface area contributed by atoms with Crippen LogP contribution in [0.25, 0.3) is 0 Å². The molecule has 2 aromatic rings. The van der Waals surface area contributed by atoms with Crippen molar-refractivity contribution in [3.8, 4) is 5.75 Å². The normalized spacial score (nSPS) is 15.0. The summed E-state index contributed by atoms with van der Waals surface area (Å²) >= 11 is 0. The number of aromatic nitrogens is 1. The molecule has 0 aliphatic carbocycles. The number of benzene rings is 1. The van der Waals surface area contributed by atoms with Gasteiger partial charge in [0.1, 0.15) is 5.75 Å². The minimum atomic E-state index is -0.399. The second-order valence-corrected chi connectivity index (χ2v) is 5.41. The number of halogens is 1. The number of methoxy groups -OCH3 is 1. The Balaban J connectivity index is 1.64. The summed E-state index contributed by atoms with van der Waals surface area (Å²) in [6, 6.07) is 9.24. The summed E-state index contributed by atoms with van der Waals surface area (Å²) in [6.45, 7) is 1.89. The zero-order valence-corrected chi connectivity index (χ0v) is 12.9. The highest BCUT2D eigenvalue weighted by atomic mass is 19.1. The Labute approximate surface area is 134 Å². The van der Waals surface area contributed by atoms with Crippen LogP contribution in [0.5, 0.6) is 5.75 Å². The van der Waals surface area contributed by atoms with Crippen molar-refractivity contribution < 1.29 is 13.9 Å². The maximum absolute atomic E-state index is 13.8. The van der Waals surface area contributed by atoms with Gasteiger partial charge in [0.15, 0.2) is 5.82 Å². The first-order valence-corrected chi connectivity index (χ1v) is 7.42. The van der Waals surface area contributed by atoms with Crippen molar-refractivity contribution in [2.24, 2.45) is 0 Å². The Morgan fingerprint density at radius 1 is 1.22 bits per heavy atom. The Kier molecular flexibility index (Phi) is 4.41. The van der Waals surface area contributed by atoms with Crippen LogP contribution in [0.2, 0.25) is 0 Å². The number of carbonyl (C=O) groups is 1.